The van der Waals surface area contributed by atoms with Gasteiger partial charge in [0, 0.05) is 37.1 Å². The molecule has 0 N–H and O–H groups in total. The molecule has 154 valence electrons. The van der Waals surface area contributed by atoms with Gasteiger partial charge in [0.05, 0.1) is 5.39 Å². The fraction of sp³-hybridized carbons (Fsp3) is 0.227. The second-order valence-electron chi connectivity index (χ2n) is 7.59. The Labute approximate surface area is 182 Å². The standard InChI is InChI=1S/C22H20N8S/c1-15-24-21(20-17(13-31-22(20)25-15)16-5-3-2-4-6-16)29-11-9-28(10-12-29)19-8-7-18-26-23-14-30(18)27-19/h2-8,13-14H,9-12H2,1H3. The van der Waals surface area contributed by atoms with Gasteiger partial charge in [-0.05, 0) is 24.6 Å². The van der Waals surface area contributed by atoms with Crippen molar-refractivity contribution in [2.75, 3.05) is 36.0 Å². The predicted molar refractivity (Wildman–Crippen MR) is 123 cm³/mol. The number of rotatable bonds is 3. The summed E-state index contributed by atoms with van der Waals surface area (Å²) in [6.07, 6.45) is 1.64. The first-order chi connectivity index (χ1) is 15.3. The van der Waals surface area contributed by atoms with Crippen molar-refractivity contribution < 1.29 is 0 Å². The van der Waals surface area contributed by atoms with Crippen molar-refractivity contribution in [3.63, 3.8) is 0 Å². The normalized spacial score (nSPS) is 14.6. The summed E-state index contributed by atoms with van der Waals surface area (Å²) >= 11 is 1.69. The molecule has 5 aromatic rings. The van der Waals surface area contributed by atoms with Gasteiger partial charge in [-0.2, -0.15) is 4.52 Å². The van der Waals surface area contributed by atoms with Crippen LogP contribution in [0.3, 0.4) is 0 Å². The van der Waals surface area contributed by atoms with Gasteiger partial charge in [-0.15, -0.1) is 26.6 Å². The Morgan fingerprint density at radius 1 is 0.903 bits per heavy atom. The maximum absolute atomic E-state index is 4.88. The Kier molecular flexibility index (Phi) is 4.27. The summed E-state index contributed by atoms with van der Waals surface area (Å²) in [5.74, 6) is 2.78. The Morgan fingerprint density at radius 3 is 2.55 bits per heavy atom. The van der Waals surface area contributed by atoms with E-state index in [0.717, 1.165) is 59.5 Å². The van der Waals surface area contributed by atoms with Gasteiger partial charge in [0.1, 0.15) is 28.6 Å². The molecular formula is C22H20N8S. The van der Waals surface area contributed by atoms with E-state index in [1.807, 2.05) is 25.1 Å². The number of aromatic nitrogens is 6. The third kappa shape index (κ3) is 3.17. The first-order valence-corrected chi connectivity index (χ1v) is 11.1. The molecule has 0 aliphatic carbocycles. The van der Waals surface area contributed by atoms with Crippen LogP contribution in [0.15, 0.2) is 54.2 Å². The SMILES string of the molecule is Cc1nc(N2CCN(c3ccc4nncn4n3)CC2)c2c(-c3ccccc3)csc2n1. The van der Waals surface area contributed by atoms with E-state index in [0.29, 0.717) is 0 Å². The monoisotopic (exact) mass is 428 g/mol. The molecule has 6 rings (SSSR count). The lowest BCUT2D eigenvalue weighted by Crippen LogP contribution is -2.47. The molecule has 9 heteroatoms. The second kappa shape index (κ2) is 7.28. The summed E-state index contributed by atoms with van der Waals surface area (Å²) in [5.41, 5.74) is 3.16. The van der Waals surface area contributed by atoms with E-state index in [1.54, 1.807) is 22.2 Å². The van der Waals surface area contributed by atoms with Crippen LogP contribution >= 0.6 is 11.3 Å². The molecule has 0 spiro atoms. The molecule has 1 aromatic carbocycles. The molecule has 1 saturated heterocycles. The smallest absolute Gasteiger partial charge is 0.177 e. The third-order valence-electron chi connectivity index (χ3n) is 5.66. The van der Waals surface area contributed by atoms with Crippen LogP contribution in [-0.2, 0) is 0 Å². The van der Waals surface area contributed by atoms with Crippen LogP contribution in [0, 0.1) is 6.92 Å². The molecule has 31 heavy (non-hydrogen) atoms. The fourth-order valence-electron chi connectivity index (χ4n) is 4.12. The van der Waals surface area contributed by atoms with E-state index in [2.05, 4.69) is 54.7 Å². The van der Waals surface area contributed by atoms with Gasteiger partial charge in [0.15, 0.2) is 5.65 Å². The van der Waals surface area contributed by atoms with Gasteiger partial charge in [-0.1, -0.05) is 30.3 Å². The topological polar surface area (TPSA) is 75.3 Å². The molecule has 1 aliphatic heterocycles. The van der Waals surface area contributed by atoms with E-state index in [-0.39, 0.29) is 0 Å². The Bertz CT molecular complexity index is 1370. The van der Waals surface area contributed by atoms with Gasteiger partial charge in [-0.25, -0.2) is 9.97 Å². The zero-order valence-electron chi connectivity index (χ0n) is 17.0. The summed E-state index contributed by atoms with van der Waals surface area (Å²) in [6, 6.07) is 14.5. The molecule has 1 fully saturated rings. The van der Waals surface area contributed by atoms with Crippen LogP contribution in [0.2, 0.25) is 0 Å². The maximum atomic E-state index is 4.88. The van der Waals surface area contributed by atoms with E-state index in [1.165, 1.54) is 11.1 Å². The number of aryl methyl sites for hydroxylation is 1. The fourth-order valence-corrected chi connectivity index (χ4v) is 5.11. The molecule has 8 nitrogen and oxygen atoms in total. The summed E-state index contributed by atoms with van der Waals surface area (Å²) < 4.78 is 1.72. The summed E-state index contributed by atoms with van der Waals surface area (Å²) in [5, 5.41) is 15.9. The number of thiophene rings is 1. The highest BCUT2D eigenvalue weighted by Crippen LogP contribution is 2.38. The van der Waals surface area contributed by atoms with Crippen LogP contribution in [0.25, 0.3) is 27.0 Å². The second-order valence-corrected chi connectivity index (χ2v) is 8.45. The Balaban J connectivity index is 1.32. The van der Waals surface area contributed by atoms with Gasteiger partial charge >= 0.3 is 0 Å². The molecule has 1 aliphatic rings. The van der Waals surface area contributed by atoms with Crippen LogP contribution in [0.1, 0.15) is 5.82 Å². The number of anilines is 2. The molecule has 0 unspecified atom stereocenters. The van der Waals surface area contributed by atoms with Gasteiger partial charge in [0.25, 0.3) is 0 Å². The average Bonchev–Trinajstić information content (AvgIpc) is 3.45. The zero-order chi connectivity index (χ0) is 20.8. The molecule has 5 heterocycles. The number of hydrogen-bond acceptors (Lipinski definition) is 8. The third-order valence-corrected chi connectivity index (χ3v) is 6.53. The van der Waals surface area contributed by atoms with Crippen molar-refractivity contribution in [3.8, 4) is 11.1 Å². The number of hydrogen-bond donors (Lipinski definition) is 0. The first kappa shape index (κ1) is 18.2. The molecular weight excluding hydrogens is 408 g/mol. The van der Waals surface area contributed by atoms with Crippen molar-refractivity contribution >= 4 is 38.8 Å². The first-order valence-electron chi connectivity index (χ1n) is 10.2. The number of fused-ring (bicyclic) bond motifs is 2. The van der Waals surface area contributed by atoms with E-state index in [4.69, 9.17) is 9.97 Å². The largest absolute Gasteiger partial charge is 0.352 e. The van der Waals surface area contributed by atoms with Crippen molar-refractivity contribution in [2.24, 2.45) is 0 Å². The highest BCUT2D eigenvalue weighted by molar-refractivity contribution is 7.17. The van der Waals surface area contributed by atoms with Crippen molar-refractivity contribution in [1.82, 2.24) is 29.8 Å². The summed E-state index contributed by atoms with van der Waals surface area (Å²) in [7, 11) is 0. The van der Waals surface area contributed by atoms with E-state index < -0.39 is 0 Å². The minimum atomic E-state index is 0.757. The van der Waals surface area contributed by atoms with Crippen LogP contribution in [0.4, 0.5) is 11.6 Å². The van der Waals surface area contributed by atoms with Gasteiger partial charge < -0.3 is 9.80 Å². The molecule has 4 aromatic heterocycles. The Hall–Kier alpha value is -3.59. The lowest BCUT2D eigenvalue weighted by Gasteiger charge is -2.36. The van der Waals surface area contributed by atoms with E-state index in [9.17, 15) is 0 Å². The average molecular weight is 429 g/mol. The molecule has 0 bridgehead atoms. The summed E-state index contributed by atoms with van der Waals surface area (Å²) in [4.78, 5) is 15.3. The van der Waals surface area contributed by atoms with Crippen molar-refractivity contribution in [1.29, 1.82) is 0 Å². The predicted octanol–water partition coefficient (Wildman–Crippen LogP) is 3.43. The lowest BCUT2D eigenvalue weighted by molar-refractivity contribution is 0.637. The van der Waals surface area contributed by atoms with Crippen molar-refractivity contribution in [3.05, 3.63) is 60.0 Å². The maximum Gasteiger partial charge on any atom is 0.177 e. The highest BCUT2D eigenvalue weighted by Gasteiger charge is 2.24. The van der Waals surface area contributed by atoms with E-state index >= 15 is 0 Å². The minimum absolute atomic E-state index is 0.757. The lowest BCUT2D eigenvalue weighted by atomic mass is 10.1. The molecule has 0 saturated carbocycles. The number of nitrogens with zero attached hydrogens (tertiary/aromatic N) is 8. The van der Waals surface area contributed by atoms with Gasteiger partial charge in [0.2, 0.25) is 0 Å². The van der Waals surface area contributed by atoms with Crippen LogP contribution in [0.5, 0.6) is 0 Å². The quantitative estimate of drug-likeness (QED) is 0.436. The summed E-state index contributed by atoms with van der Waals surface area (Å²) in [6.45, 7) is 5.46. The molecule has 0 radical (unpaired) electrons. The zero-order valence-corrected chi connectivity index (χ0v) is 17.8. The minimum Gasteiger partial charge on any atom is -0.352 e. The van der Waals surface area contributed by atoms with Crippen LogP contribution < -0.4 is 9.80 Å². The number of piperazine rings is 1. The molecule has 0 atom stereocenters. The molecule has 0 amide bonds. The highest BCUT2D eigenvalue weighted by atomic mass is 32.1. The van der Waals surface area contributed by atoms with Gasteiger partial charge in [-0.3, -0.25) is 0 Å². The number of benzene rings is 1. The van der Waals surface area contributed by atoms with Crippen molar-refractivity contribution in [2.45, 2.75) is 6.92 Å². The Morgan fingerprint density at radius 2 is 1.71 bits per heavy atom. The van der Waals surface area contributed by atoms with Crippen LogP contribution in [-0.4, -0.2) is 56.0 Å².